The Balaban J connectivity index is 1.33. The lowest BCUT2D eigenvalue weighted by Crippen LogP contribution is -2.40. The number of nitrogens with one attached hydrogen (secondary N) is 1. The number of rotatable bonds is 7. The van der Waals surface area contributed by atoms with E-state index in [2.05, 4.69) is 5.32 Å². The molecule has 0 spiro atoms. The van der Waals surface area contributed by atoms with E-state index in [1.54, 1.807) is 36.4 Å². The van der Waals surface area contributed by atoms with Crippen LogP contribution in [0.15, 0.2) is 53.4 Å². The van der Waals surface area contributed by atoms with Crippen molar-refractivity contribution in [3.63, 3.8) is 0 Å². The molecule has 9 heteroatoms. The molecule has 2 heterocycles. The third-order valence-corrected chi connectivity index (χ3v) is 7.21. The van der Waals surface area contributed by atoms with E-state index in [1.807, 2.05) is 0 Å². The van der Waals surface area contributed by atoms with Crippen molar-refractivity contribution >= 4 is 21.6 Å². The van der Waals surface area contributed by atoms with Gasteiger partial charge >= 0.3 is 0 Å². The maximum atomic E-state index is 12.7. The van der Waals surface area contributed by atoms with E-state index < -0.39 is 10.0 Å². The summed E-state index contributed by atoms with van der Waals surface area (Å²) in [5.41, 5.74) is 0.999. The van der Waals surface area contributed by atoms with Crippen LogP contribution in [0, 0.1) is 0 Å². The molecule has 2 aliphatic heterocycles. The number of carbonyl (C=O) groups is 1. The predicted octanol–water partition coefficient (Wildman–Crippen LogP) is 2.52. The molecule has 0 bridgehead atoms. The summed E-state index contributed by atoms with van der Waals surface area (Å²) in [6.45, 7) is 2.76. The van der Waals surface area contributed by atoms with Gasteiger partial charge in [0.15, 0.2) is 0 Å². The fourth-order valence-electron chi connectivity index (χ4n) is 3.52. The number of amides is 1. The van der Waals surface area contributed by atoms with Crippen LogP contribution in [0.5, 0.6) is 5.75 Å². The second kappa shape index (κ2) is 9.78. The Morgan fingerprint density at radius 3 is 2.39 bits per heavy atom. The molecule has 1 amide bonds. The number of benzene rings is 2. The molecule has 0 aliphatic carbocycles. The number of morpholine rings is 1. The SMILES string of the molecule is O=C(Nc1ccc(S(=O)(=O)N2CCOCC2)cc1)c1ccc(OC[C@H]2CCCO2)cc1. The van der Waals surface area contributed by atoms with Crippen molar-refractivity contribution in [3.05, 3.63) is 54.1 Å². The minimum Gasteiger partial charge on any atom is -0.491 e. The summed E-state index contributed by atoms with van der Waals surface area (Å²) in [6, 6.07) is 13.1. The fraction of sp³-hybridized carbons (Fsp3) is 0.409. The van der Waals surface area contributed by atoms with E-state index in [0.717, 1.165) is 19.4 Å². The Morgan fingerprint density at radius 2 is 1.74 bits per heavy atom. The predicted molar refractivity (Wildman–Crippen MR) is 115 cm³/mol. The highest BCUT2D eigenvalue weighted by Gasteiger charge is 2.26. The van der Waals surface area contributed by atoms with Crippen LogP contribution in [-0.2, 0) is 19.5 Å². The maximum Gasteiger partial charge on any atom is 0.255 e. The Kier molecular flexibility index (Phi) is 6.86. The average molecular weight is 447 g/mol. The molecule has 2 saturated heterocycles. The molecule has 166 valence electrons. The monoisotopic (exact) mass is 446 g/mol. The van der Waals surface area contributed by atoms with Crippen molar-refractivity contribution in [2.75, 3.05) is 44.8 Å². The van der Waals surface area contributed by atoms with Gasteiger partial charge in [-0.2, -0.15) is 4.31 Å². The number of nitrogens with zero attached hydrogens (tertiary/aromatic N) is 1. The zero-order valence-electron chi connectivity index (χ0n) is 17.2. The molecule has 0 aromatic heterocycles. The van der Waals surface area contributed by atoms with Crippen molar-refractivity contribution in [3.8, 4) is 5.75 Å². The van der Waals surface area contributed by atoms with Gasteiger partial charge in [0.1, 0.15) is 12.4 Å². The molecule has 2 aliphatic rings. The van der Waals surface area contributed by atoms with Crippen LogP contribution < -0.4 is 10.1 Å². The van der Waals surface area contributed by atoms with Crippen LogP contribution >= 0.6 is 0 Å². The molecular formula is C22H26N2O6S. The van der Waals surface area contributed by atoms with E-state index in [0.29, 0.717) is 49.9 Å². The molecule has 2 fully saturated rings. The van der Waals surface area contributed by atoms with Crippen LogP contribution in [0.4, 0.5) is 5.69 Å². The first-order valence-corrected chi connectivity index (χ1v) is 11.8. The standard InChI is InChI=1S/C22H26N2O6S/c25-22(17-3-7-19(8-4-17)30-16-20-2-1-13-29-20)23-18-5-9-21(10-6-18)31(26,27)24-11-14-28-15-12-24/h3-10,20H,1-2,11-16H2,(H,23,25)/t20-/m1/s1. The number of carbonyl (C=O) groups excluding carboxylic acids is 1. The highest BCUT2D eigenvalue weighted by Crippen LogP contribution is 2.21. The van der Waals surface area contributed by atoms with Gasteiger partial charge in [-0.25, -0.2) is 8.42 Å². The molecule has 0 unspecified atom stereocenters. The van der Waals surface area contributed by atoms with Crippen molar-refractivity contribution in [1.82, 2.24) is 4.31 Å². The Morgan fingerprint density at radius 1 is 1.03 bits per heavy atom. The van der Waals surface area contributed by atoms with Gasteiger partial charge in [0.25, 0.3) is 5.91 Å². The third kappa shape index (κ3) is 5.43. The smallest absolute Gasteiger partial charge is 0.255 e. The zero-order valence-corrected chi connectivity index (χ0v) is 18.0. The summed E-state index contributed by atoms with van der Waals surface area (Å²) < 4.78 is 43.2. The highest BCUT2D eigenvalue weighted by molar-refractivity contribution is 7.89. The van der Waals surface area contributed by atoms with Crippen molar-refractivity contribution in [1.29, 1.82) is 0 Å². The Bertz CT molecular complexity index is 980. The van der Waals surface area contributed by atoms with Crippen LogP contribution in [0.3, 0.4) is 0 Å². The first-order chi connectivity index (χ1) is 15.0. The molecule has 1 atom stereocenters. The fourth-order valence-corrected chi connectivity index (χ4v) is 4.92. The Hall–Kier alpha value is -2.46. The van der Waals surface area contributed by atoms with Crippen molar-refractivity contribution in [2.24, 2.45) is 0 Å². The Labute approximate surface area is 182 Å². The minimum absolute atomic E-state index is 0.137. The van der Waals surface area contributed by atoms with Gasteiger partial charge in [0, 0.05) is 30.9 Å². The van der Waals surface area contributed by atoms with Crippen molar-refractivity contribution < 1.29 is 27.4 Å². The maximum absolute atomic E-state index is 12.7. The summed E-state index contributed by atoms with van der Waals surface area (Å²) in [7, 11) is -3.56. The average Bonchev–Trinajstić information content (AvgIpc) is 3.33. The molecule has 31 heavy (non-hydrogen) atoms. The minimum atomic E-state index is -3.56. The van der Waals surface area contributed by atoms with E-state index in [9.17, 15) is 13.2 Å². The summed E-state index contributed by atoms with van der Waals surface area (Å²) >= 11 is 0. The second-order valence-electron chi connectivity index (χ2n) is 7.47. The molecule has 8 nitrogen and oxygen atoms in total. The molecular weight excluding hydrogens is 420 g/mol. The molecule has 4 rings (SSSR count). The number of hydrogen-bond donors (Lipinski definition) is 1. The van der Waals surface area contributed by atoms with Crippen LogP contribution in [0.1, 0.15) is 23.2 Å². The van der Waals surface area contributed by atoms with E-state index >= 15 is 0 Å². The third-order valence-electron chi connectivity index (χ3n) is 5.30. The van der Waals surface area contributed by atoms with Gasteiger partial charge in [-0.15, -0.1) is 0 Å². The molecule has 2 aromatic carbocycles. The molecule has 2 aromatic rings. The normalized spacial score (nSPS) is 19.8. The van der Waals surface area contributed by atoms with E-state index in [4.69, 9.17) is 14.2 Å². The highest BCUT2D eigenvalue weighted by atomic mass is 32.2. The van der Waals surface area contributed by atoms with Gasteiger partial charge in [-0.3, -0.25) is 4.79 Å². The van der Waals surface area contributed by atoms with E-state index in [1.165, 1.54) is 16.4 Å². The second-order valence-corrected chi connectivity index (χ2v) is 9.40. The lowest BCUT2D eigenvalue weighted by Gasteiger charge is -2.26. The lowest BCUT2D eigenvalue weighted by atomic mass is 10.2. The van der Waals surface area contributed by atoms with Crippen LogP contribution in [0.25, 0.3) is 0 Å². The van der Waals surface area contributed by atoms with Gasteiger partial charge in [-0.05, 0) is 61.4 Å². The van der Waals surface area contributed by atoms with Crippen LogP contribution in [0.2, 0.25) is 0 Å². The topological polar surface area (TPSA) is 94.2 Å². The lowest BCUT2D eigenvalue weighted by molar-refractivity contribution is 0.0679. The summed E-state index contributed by atoms with van der Waals surface area (Å²) in [6.07, 6.45) is 2.21. The van der Waals surface area contributed by atoms with Gasteiger partial charge in [-0.1, -0.05) is 0 Å². The first-order valence-electron chi connectivity index (χ1n) is 10.4. The molecule has 1 N–H and O–H groups in total. The summed E-state index contributed by atoms with van der Waals surface area (Å²) in [5, 5.41) is 2.78. The first kappa shape index (κ1) is 21.8. The van der Waals surface area contributed by atoms with Gasteiger partial charge in [0.05, 0.1) is 24.2 Å². The summed E-state index contributed by atoms with van der Waals surface area (Å²) in [4.78, 5) is 12.7. The van der Waals surface area contributed by atoms with E-state index in [-0.39, 0.29) is 16.9 Å². The van der Waals surface area contributed by atoms with Crippen LogP contribution in [-0.4, -0.2) is 64.3 Å². The molecule has 0 radical (unpaired) electrons. The quantitative estimate of drug-likeness (QED) is 0.702. The zero-order chi connectivity index (χ0) is 21.7. The molecule has 0 saturated carbocycles. The summed E-state index contributed by atoms with van der Waals surface area (Å²) in [5.74, 6) is 0.402. The number of ether oxygens (including phenoxy) is 3. The largest absolute Gasteiger partial charge is 0.491 e. The van der Waals surface area contributed by atoms with Gasteiger partial charge in [0.2, 0.25) is 10.0 Å². The number of hydrogen-bond acceptors (Lipinski definition) is 6. The van der Waals surface area contributed by atoms with Gasteiger partial charge < -0.3 is 19.5 Å². The number of anilines is 1. The number of sulfonamides is 1. The van der Waals surface area contributed by atoms with Crippen molar-refractivity contribution in [2.45, 2.75) is 23.8 Å².